The van der Waals surface area contributed by atoms with E-state index in [-0.39, 0.29) is 5.91 Å². The zero-order valence-electron chi connectivity index (χ0n) is 8.64. The highest BCUT2D eigenvalue weighted by molar-refractivity contribution is 8.03. The summed E-state index contributed by atoms with van der Waals surface area (Å²) in [6, 6.07) is 9.43. The summed E-state index contributed by atoms with van der Waals surface area (Å²) in [5.74, 6) is 1.10. The molecular weight excluding hydrogens is 206 g/mol. The van der Waals surface area contributed by atoms with Crippen LogP contribution < -0.4 is 0 Å². The van der Waals surface area contributed by atoms with Gasteiger partial charge in [0, 0.05) is 17.9 Å². The van der Waals surface area contributed by atoms with Gasteiger partial charge in [0.2, 0.25) is 0 Å². The van der Waals surface area contributed by atoms with E-state index >= 15 is 0 Å². The zero-order valence-corrected chi connectivity index (χ0v) is 9.46. The minimum atomic E-state index is 0.105. The summed E-state index contributed by atoms with van der Waals surface area (Å²) in [5.41, 5.74) is 0.763. The van der Waals surface area contributed by atoms with Gasteiger partial charge in [0.25, 0.3) is 5.91 Å². The molecule has 1 aromatic carbocycles. The number of allylic oxidation sites excluding steroid dienone is 1. The lowest BCUT2D eigenvalue weighted by atomic mass is 10.2. The Morgan fingerprint density at radius 1 is 1.40 bits per heavy atom. The molecule has 1 aliphatic heterocycles. The average molecular weight is 219 g/mol. The second kappa shape index (κ2) is 4.53. The Kier molecular flexibility index (Phi) is 3.11. The fraction of sp³-hybridized carbons (Fsp3) is 0.250. The molecule has 0 aliphatic carbocycles. The Morgan fingerprint density at radius 2 is 2.13 bits per heavy atom. The highest BCUT2D eigenvalue weighted by Crippen LogP contribution is 2.28. The predicted octanol–water partition coefficient (Wildman–Crippen LogP) is 2.74. The van der Waals surface area contributed by atoms with Crippen LogP contribution >= 0.6 is 11.8 Å². The van der Waals surface area contributed by atoms with Gasteiger partial charge in [-0.1, -0.05) is 24.3 Å². The summed E-state index contributed by atoms with van der Waals surface area (Å²) in [6.45, 7) is 2.79. The van der Waals surface area contributed by atoms with Crippen LogP contribution in [-0.2, 0) is 0 Å². The molecule has 1 fully saturated rings. The SMILES string of the molecule is C/C=C1\SCCN1C(=O)c1ccccc1. The molecule has 1 amide bonds. The fourth-order valence-corrected chi connectivity index (χ4v) is 2.59. The number of amides is 1. The molecule has 0 saturated carbocycles. The van der Waals surface area contributed by atoms with Gasteiger partial charge in [-0.15, -0.1) is 11.8 Å². The number of carbonyl (C=O) groups is 1. The molecule has 0 N–H and O–H groups in total. The Bertz CT molecular complexity index is 386. The quantitative estimate of drug-likeness (QED) is 0.724. The lowest BCUT2D eigenvalue weighted by Crippen LogP contribution is -2.26. The van der Waals surface area contributed by atoms with E-state index in [9.17, 15) is 4.79 Å². The van der Waals surface area contributed by atoms with E-state index in [0.29, 0.717) is 0 Å². The molecule has 1 aromatic rings. The van der Waals surface area contributed by atoms with Crippen LogP contribution in [0.15, 0.2) is 41.4 Å². The lowest BCUT2D eigenvalue weighted by molar-refractivity contribution is 0.0830. The Hall–Kier alpha value is -1.22. The van der Waals surface area contributed by atoms with Crippen LogP contribution in [0.2, 0.25) is 0 Å². The van der Waals surface area contributed by atoms with Crippen molar-refractivity contribution >= 4 is 17.7 Å². The number of thioether (sulfide) groups is 1. The van der Waals surface area contributed by atoms with Gasteiger partial charge in [-0.25, -0.2) is 0 Å². The van der Waals surface area contributed by atoms with Crippen LogP contribution in [0.5, 0.6) is 0 Å². The van der Waals surface area contributed by atoms with Crippen molar-refractivity contribution in [1.82, 2.24) is 4.90 Å². The molecule has 2 nitrogen and oxygen atoms in total. The molecule has 2 rings (SSSR count). The van der Waals surface area contributed by atoms with Crippen LogP contribution in [0.3, 0.4) is 0 Å². The molecule has 3 heteroatoms. The van der Waals surface area contributed by atoms with E-state index in [2.05, 4.69) is 0 Å². The largest absolute Gasteiger partial charge is 0.302 e. The standard InChI is InChI=1S/C12H13NOS/c1-2-11-13(8-9-15-11)12(14)10-6-4-3-5-7-10/h2-7H,8-9H2,1H3/b11-2-. The van der Waals surface area contributed by atoms with Crippen LogP contribution in [0, 0.1) is 0 Å². The van der Waals surface area contributed by atoms with Crippen molar-refractivity contribution < 1.29 is 4.79 Å². The minimum Gasteiger partial charge on any atom is -0.302 e. The van der Waals surface area contributed by atoms with E-state index in [1.165, 1.54) is 0 Å². The molecule has 15 heavy (non-hydrogen) atoms. The third-order valence-corrected chi connectivity index (χ3v) is 3.48. The van der Waals surface area contributed by atoms with E-state index < -0.39 is 0 Å². The van der Waals surface area contributed by atoms with Crippen LogP contribution in [0.25, 0.3) is 0 Å². The van der Waals surface area contributed by atoms with E-state index in [0.717, 1.165) is 22.9 Å². The Labute approximate surface area is 94.0 Å². The fourth-order valence-electron chi connectivity index (χ4n) is 1.61. The summed E-state index contributed by atoms with van der Waals surface area (Å²) in [5, 5.41) is 1.07. The lowest BCUT2D eigenvalue weighted by Gasteiger charge is -2.16. The van der Waals surface area contributed by atoms with Gasteiger partial charge in [-0.2, -0.15) is 0 Å². The number of carbonyl (C=O) groups excluding carboxylic acids is 1. The van der Waals surface area contributed by atoms with Crippen molar-refractivity contribution in [2.24, 2.45) is 0 Å². The molecule has 1 heterocycles. The zero-order chi connectivity index (χ0) is 10.7. The Morgan fingerprint density at radius 3 is 2.80 bits per heavy atom. The molecule has 78 valence electrons. The number of hydrogen-bond acceptors (Lipinski definition) is 2. The second-order valence-electron chi connectivity index (χ2n) is 3.30. The monoisotopic (exact) mass is 219 g/mol. The summed E-state index contributed by atoms with van der Waals surface area (Å²) < 4.78 is 0. The van der Waals surface area contributed by atoms with Gasteiger partial charge in [0.15, 0.2) is 0 Å². The highest BCUT2D eigenvalue weighted by atomic mass is 32.2. The number of rotatable bonds is 1. The van der Waals surface area contributed by atoms with Crippen molar-refractivity contribution in [2.45, 2.75) is 6.92 Å². The van der Waals surface area contributed by atoms with Gasteiger partial charge >= 0.3 is 0 Å². The molecule has 0 unspecified atom stereocenters. The predicted molar refractivity (Wildman–Crippen MR) is 63.7 cm³/mol. The smallest absolute Gasteiger partial charge is 0.258 e. The maximum atomic E-state index is 12.1. The van der Waals surface area contributed by atoms with Crippen molar-refractivity contribution in [3.05, 3.63) is 47.0 Å². The first kappa shape index (κ1) is 10.3. The van der Waals surface area contributed by atoms with Crippen LogP contribution in [0.4, 0.5) is 0 Å². The van der Waals surface area contributed by atoms with Crippen molar-refractivity contribution in [3.8, 4) is 0 Å². The van der Waals surface area contributed by atoms with Crippen molar-refractivity contribution in [2.75, 3.05) is 12.3 Å². The first-order valence-corrected chi connectivity index (χ1v) is 5.97. The number of benzene rings is 1. The van der Waals surface area contributed by atoms with Gasteiger partial charge < -0.3 is 4.90 Å². The normalized spacial score (nSPS) is 18.5. The maximum absolute atomic E-state index is 12.1. The molecule has 0 atom stereocenters. The summed E-state index contributed by atoms with van der Waals surface area (Å²) in [4.78, 5) is 13.9. The van der Waals surface area contributed by atoms with Crippen molar-refractivity contribution in [1.29, 1.82) is 0 Å². The molecule has 0 spiro atoms. The van der Waals surface area contributed by atoms with Gasteiger partial charge in [0.05, 0.1) is 5.03 Å². The summed E-state index contributed by atoms with van der Waals surface area (Å²) >= 11 is 1.74. The molecule has 0 bridgehead atoms. The first-order chi connectivity index (χ1) is 7.33. The second-order valence-corrected chi connectivity index (χ2v) is 4.41. The number of nitrogens with zero attached hydrogens (tertiary/aromatic N) is 1. The average Bonchev–Trinajstić information content (AvgIpc) is 2.77. The van der Waals surface area contributed by atoms with Gasteiger partial charge in [-0.05, 0) is 19.1 Å². The minimum absolute atomic E-state index is 0.105. The maximum Gasteiger partial charge on any atom is 0.258 e. The highest BCUT2D eigenvalue weighted by Gasteiger charge is 2.23. The van der Waals surface area contributed by atoms with E-state index in [4.69, 9.17) is 0 Å². The van der Waals surface area contributed by atoms with E-state index in [1.807, 2.05) is 48.2 Å². The third kappa shape index (κ3) is 2.07. The first-order valence-electron chi connectivity index (χ1n) is 4.99. The third-order valence-electron chi connectivity index (χ3n) is 2.34. The molecule has 1 aliphatic rings. The molecule has 0 aromatic heterocycles. The van der Waals surface area contributed by atoms with Crippen molar-refractivity contribution in [3.63, 3.8) is 0 Å². The van der Waals surface area contributed by atoms with Gasteiger partial charge in [0.1, 0.15) is 0 Å². The Balaban J connectivity index is 2.22. The van der Waals surface area contributed by atoms with Crippen LogP contribution in [0.1, 0.15) is 17.3 Å². The van der Waals surface area contributed by atoms with Crippen LogP contribution in [-0.4, -0.2) is 23.1 Å². The topological polar surface area (TPSA) is 20.3 Å². The molecular formula is C12H13NOS. The summed E-state index contributed by atoms with van der Waals surface area (Å²) in [7, 11) is 0. The summed E-state index contributed by atoms with van der Waals surface area (Å²) in [6.07, 6.45) is 2.00. The molecule has 1 saturated heterocycles. The number of hydrogen-bond donors (Lipinski definition) is 0. The molecule has 0 radical (unpaired) electrons. The van der Waals surface area contributed by atoms with Gasteiger partial charge in [-0.3, -0.25) is 4.79 Å². The van der Waals surface area contributed by atoms with E-state index in [1.54, 1.807) is 11.8 Å².